The van der Waals surface area contributed by atoms with Crippen LogP contribution in [-0.2, 0) is 9.53 Å². The molecule has 4 saturated carbocycles. The molecule has 0 aromatic rings. The van der Waals surface area contributed by atoms with Crippen molar-refractivity contribution in [3.63, 3.8) is 0 Å². The Morgan fingerprint density at radius 3 is 2.25 bits per heavy atom. The number of hydrogen-bond acceptors (Lipinski definition) is 2. The van der Waals surface area contributed by atoms with Crippen molar-refractivity contribution in [1.29, 1.82) is 0 Å². The minimum Gasteiger partial charge on any atom is -0.463 e. The van der Waals surface area contributed by atoms with Crippen molar-refractivity contribution in [2.75, 3.05) is 0 Å². The number of hydrogen-bond donors (Lipinski definition) is 0. The summed E-state index contributed by atoms with van der Waals surface area (Å²) in [6.07, 6.45) is 15.2. The fraction of sp³-hybridized carbons (Fsp3) is 0.967. The lowest BCUT2D eigenvalue weighted by Gasteiger charge is -2.61. The van der Waals surface area contributed by atoms with Crippen LogP contribution in [-0.4, -0.2) is 12.1 Å². The number of carbonyl (C=O) groups excluding carboxylic acids is 1. The minimum absolute atomic E-state index is 0.0883. The molecule has 0 unspecified atom stereocenters. The SMILES string of the molecule is CC(=O)O[C@@H]1CC[C@@]2(C)[C@@H](CC[C@H]3[C@H]2CC[C@]2(C)[C@@H]3CC[C@H]2[C@H](C)CC[C@H](C)C(C)C)C1. The van der Waals surface area contributed by atoms with Crippen LogP contribution in [0.3, 0.4) is 0 Å². The Hall–Kier alpha value is -0.530. The summed E-state index contributed by atoms with van der Waals surface area (Å²) in [5.41, 5.74) is 1.07. The second-order valence-corrected chi connectivity index (χ2v) is 13.7. The first-order valence-electron chi connectivity index (χ1n) is 14.2. The highest BCUT2D eigenvalue weighted by molar-refractivity contribution is 5.66. The molecule has 0 N–H and O–H groups in total. The molecule has 184 valence electrons. The molecule has 4 aliphatic rings. The van der Waals surface area contributed by atoms with Gasteiger partial charge in [-0.3, -0.25) is 4.79 Å². The van der Waals surface area contributed by atoms with Crippen LogP contribution in [0.2, 0.25) is 0 Å². The van der Waals surface area contributed by atoms with Crippen molar-refractivity contribution in [1.82, 2.24) is 0 Å². The molecule has 0 radical (unpaired) electrons. The average Bonchev–Trinajstić information content (AvgIpc) is 3.08. The Labute approximate surface area is 199 Å². The van der Waals surface area contributed by atoms with E-state index in [9.17, 15) is 4.79 Å². The van der Waals surface area contributed by atoms with E-state index in [2.05, 4.69) is 41.5 Å². The van der Waals surface area contributed by atoms with Crippen molar-refractivity contribution < 1.29 is 9.53 Å². The van der Waals surface area contributed by atoms with E-state index in [1.165, 1.54) is 57.8 Å². The van der Waals surface area contributed by atoms with Crippen LogP contribution in [0.4, 0.5) is 0 Å². The van der Waals surface area contributed by atoms with E-state index < -0.39 is 0 Å². The van der Waals surface area contributed by atoms with Gasteiger partial charge in [0.2, 0.25) is 0 Å². The monoisotopic (exact) mass is 444 g/mol. The fourth-order valence-corrected chi connectivity index (χ4v) is 9.60. The third-order valence-corrected chi connectivity index (χ3v) is 11.9. The van der Waals surface area contributed by atoms with Gasteiger partial charge in [0.25, 0.3) is 0 Å². The molecule has 32 heavy (non-hydrogen) atoms. The molecule has 4 rings (SSSR count). The molecular weight excluding hydrogens is 392 g/mol. The molecule has 10 atom stereocenters. The summed E-state index contributed by atoms with van der Waals surface area (Å²) >= 11 is 0. The first-order chi connectivity index (χ1) is 15.1. The molecule has 0 amide bonds. The molecule has 2 nitrogen and oxygen atoms in total. The molecule has 0 heterocycles. The molecular formula is C30H52O2. The Bertz CT molecular complexity index is 670. The van der Waals surface area contributed by atoms with Gasteiger partial charge in [-0.1, -0.05) is 54.4 Å². The quantitative estimate of drug-likeness (QED) is 0.385. The zero-order chi connectivity index (χ0) is 23.3. The number of fused-ring (bicyclic) bond motifs is 5. The lowest BCUT2D eigenvalue weighted by molar-refractivity contribution is -0.160. The van der Waals surface area contributed by atoms with Crippen molar-refractivity contribution >= 4 is 5.97 Å². The Morgan fingerprint density at radius 1 is 0.875 bits per heavy atom. The molecule has 0 aliphatic heterocycles. The third kappa shape index (κ3) is 4.31. The lowest BCUT2D eigenvalue weighted by Crippen LogP contribution is -2.54. The van der Waals surface area contributed by atoms with Gasteiger partial charge >= 0.3 is 5.97 Å². The van der Waals surface area contributed by atoms with Gasteiger partial charge in [-0.25, -0.2) is 0 Å². The summed E-state index contributed by atoms with van der Waals surface area (Å²) in [6, 6.07) is 0. The van der Waals surface area contributed by atoms with Crippen LogP contribution in [0.25, 0.3) is 0 Å². The molecule has 2 heteroatoms. The number of ether oxygens (including phenoxy) is 1. The normalized spacial score (nSPS) is 45.5. The molecule has 0 aromatic carbocycles. The second-order valence-electron chi connectivity index (χ2n) is 13.7. The minimum atomic E-state index is -0.0883. The van der Waals surface area contributed by atoms with Gasteiger partial charge in [-0.15, -0.1) is 0 Å². The van der Waals surface area contributed by atoms with Gasteiger partial charge in [0.05, 0.1) is 0 Å². The summed E-state index contributed by atoms with van der Waals surface area (Å²) in [6.45, 7) is 16.7. The van der Waals surface area contributed by atoms with Gasteiger partial charge in [0, 0.05) is 6.92 Å². The zero-order valence-electron chi connectivity index (χ0n) is 22.3. The number of carbonyl (C=O) groups is 1. The first-order valence-corrected chi connectivity index (χ1v) is 14.2. The van der Waals surface area contributed by atoms with Gasteiger partial charge in [0.1, 0.15) is 6.10 Å². The van der Waals surface area contributed by atoms with E-state index in [1.54, 1.807) is 6.92 Å². The molecule has 4 aliphatic carbocycles. The maximum Gasteiger partial charge on any atom is 0.302 e. The van der Waals surface area contributed by atoms with E-state index in [1.807, 2.05) is 0 Å². The Kier molecular flexibility index (Phi) is 7.11. The van der Waals surface area contributed by atoms with Crippen LogP contribution in [0.5, 0.6) is 0 Å². The third-order valence-electron chi connectivity index (χ3n) is 11.9. The predicted octanol–water partition coefficient (Wildman–Crippen LogP) is 8.29. The van der Waals surface area contributed by atoms with Crippen LogP contribution in [0.1, 0.15) is 119 Å². The van der Waals surface area contributed by atoms with E-state index in [0.29, 0.717) is 10.8 Å². The topological polar surface area (TPSA) is 26.3 Å². The van der Waals surface area contributed by atoms with Gasteiger partial charge in [0.15, 0.2) is 0 Å². The van der Waals surface area contributed by atoms with Crippen LogP contribution in [0, 0.1) is 58.2 Å². The van der Waals surface area contributed by atoms with Crippen molar-refractivity contribution in [3.8, 4) is 0 Å². The summed E-state index contributed by atoms with van der Waals surface area (Å²) in [5.74, 6) is 6.99. The van der Waals surface area contributed by atoms with Crippen LogP contribution in [0.15, 0.2) is 0 Å². The average molecular weight is 445 g/mol. The number of esters is 1. The predicted molar refractivity (Wildman–Crippen MR) is 133 cm³/mol. The summed E-state index contributed by atoms with van der Waals surface area (Å²) in [5, 5.41) is 0. The van der Waals surface area contributed by atoms with Gasteiger partial charge in [-0.2, -0.15) is 0 Å². The highest BCUT2D eigenvalue weighted by atomic mass is 16.5. The molecule has 0 bridgehead atoms. The largest absolute Gasteiger partial charge is 0.463 e. The molecule has 0 aromatic heterocycles. The summed E-state index contributed by atoms with van der Waals surface area (Å²) < 4.78 is 5.66. The summed E-state index contributed by atoms with van der Waals surface area (Å²) in [7, 11) is 0. The Balaban J connectivity index is 1.43. The molecule has 4 fully saturated rings. The number of rotatable bonds is 6. The highest BCUT2D eigenvalue weighted by Crippen LogP contribution is 2.68. The van der Waals surface area contributed by atoms with Crippen molar-refractivity contribution in [2.45, 2.75) is 125 Å². The van der Waals surface area contributed by atoms with Crippen molar-refractivity contribution in [3.05, 3.63) is 0 Å². The van der Waals surface area contributed by atoms with Gasteiger partial charge < -0.3 is 4.74 Å². The lowest BCUT2D eigenvalue weighted by atomic mass is 9.44. The maximum absolute atomic E-state index is 11.5. The van der Waals surface area contributed by atoms with E-state index in [-0.39, 0.29) is 12.1 Å². The van der Waals surface area contributed by atoms with E-state index in [4.69, 9.17) is 4.74 Å². The zero-order valence-corrected chi connectivity index (χ0v) is 22.3. The fourth-order valence-electron chi connectivity index (χ4n) is 9.60. The highest BCUT2D eigenvalue weighted by Gasteiger charge is 2.60. The van der Waals surface area contributed by atoms with Crippen LogP contribution >= 0.6 is 0 Å². The van der Waals surface area contributed by atoms with Crippen molar-refractivity contribution in [2.24, 2.45) is 58.2 Å². The maximum atomic E-state index is 11.5. The summed E-state index contributed by atoms with van der Waals surface area (Å²) in [4.78, 5) is 11.5. The Morgan fingerprint density at radius 2 is 1.56 bits per heavy atom. The molecule has 0 saturated heterocycles. The van der Waals surface area contributed by atoms with E-state index >= 15 is 0 Å². The van der Waals surface area contributed by atoms with Crippen LogP contribution < -0.4 is 0 Å². The van der Waals surface area contributed by atoms with E-state index in [0.717, 1.165) is 60.2 Å². The smallest absolute Gasteiger partial charge is 0.302 e. The standard InChI is InChI=1S/C30H52O2/c1-19(2)20(3)8-9-21(4)26-12-13-27-25-11-10-23-18-24(32-22(5)31)14-16-29(23,6)28(25)15-17-30(26,27)7/h19-21,23-28H,8-18H2,1-7H3/t20-,21+,23-,24+,25+,26-,27+,28+,29-,30-/m0/s1. The van der Waals surface area contributed by atoms with Gasteiger partial charge in [-0.05, 0) is 116 Å². The second kappa shape index (κ2) is 9.26. The molecule has 0 spiro atoms. The first kappa shape index (κ1) is 24.6.